The number of halogens is 1. The summed E-state index contributed by atoms with van der Waals surface area (Å²) in [6.45, 7) is 2.15. The summed E-state index contributed by atoms with van der Waals surface area (Å²) in [6, 6.07) is 6.90. The highest BCUT2D eigenvalue weighted by atomic mass is 35.5. The standard InChI is InChI=1S/C18H18ClNO2/c1-11-14-5-6-15(18(14)7-8-18)16(11)17(22)20(10-21)13-4-2-3-12(19)9-13/h2-6,9-11,14-16H,7-8H2,1H3/t11-,14+,15+,16-/m1/s1. The summed E-state index contributed by atoms with van der Waals surface area (Å²) in [6.07, 6.45) is 7.54. The number of nitrogens with zero attached hydrogens (tertiary/aromatic N) is 1. The van der Waals surface area contributed by atoms with Crippen molar-refractivity contribution in [3.8, 4) is 0 Å². The Labute approximate surface area is 134 Å². The molecule has 4 heteroatoms. The van der Waals surface area contributed by atoms with Crippen LogP contribution in [0, 0.1) is 29.1 Å². The molecule has 0 aliphatic heterocycles. The molecule has 2 amide bonds. The van der Waals surface area contributed by atoms with E-state index in [1.807, 2.05) is 0 Å². The summed E-state index contributed by atoms with van der Waals surface area (Å²) in [4.78, 5) is 25.8. The Hall–Kier alpha value is -1.61. The van der Waals surface area contributed by atoms with Crippen LogP contribution in [-0.4, -0.2) is 12.3 Å². The molecule has 2 bridgehead atoms. The minimum atomic E-state index is -0.0957. The Morgan fingerprint density at radius 1 is 1.32 bits per heavy atom. The molecule has 2 fully saturated rings. The Morgan fingerprint density at radius 2 is 2.05 bits per heavy atom. The van der Waals surface area contributed by atoms with E-state index in [0.717, 1.165) is 0 Å². The van der Waals surface area contributed by atoms with Gasteiger partial charge in [-0.05, 0) is 54.2 Å². The van der Waals surface area contributed by atoms with E-state index in [-0.39, 0.29) is 11.8 Å². The van der Waals surface area contributed by atoms with Crippen molar-refractivity contribution in [3.05, 3.63) is 41.4 Å². The molecule has 0 heterocycles. The lowest BCUT2D eigenvalue weighted by Crippen LogP contribution is -2.39. The van der Waals surface area contributed by atoms with Gasteiger partial charge >= 0.3 is 0 Å². The van der Waals surface area contributed by atoms with Gasteiger partial charge in [-0.2, -0.15) is 0 Å². The molecule has 4 atom stereocenters. The molecule has 0 radical (unpaired) electrons. The Bertz CT molecular complexity index is 679. The van der Waals surface area contributed by atoms with Crippen molar-refractivity contribution in [2.45, 2.75) is 19.8 Å². The monoisotopic (exact) mass is 315 g/mol. The van der Waals surface area contributed by atoms with Crippen LogP contribution in [0.25, 0.3) is 0 Å². The topological polar surface area (TPSA) is 37.4 Å². The first-order valence-electron chi connectivity index (χ1n) is 7.81. The van der Waals surface area contributed by atoms with Gasteiger partial charge in [-0.3, -0.25) is 14.5 Å². The summed E-state index contributed by atoms with van der Waals surface area (Å²) in [7, 11) is 0. The van der Waals surface area contributed by atoms with Crippen LogP contribution in [0.4, 0.5) is 5.69 Å². The number of carbonyl (C=O) groups excluding carboxylic acids is 2. The van der Waals surface area contributed by atoms with Crippen molar-refractivity contribution in [1.82, 2.24) is 0 Å². The molecule has 1 spiro atoms. The normalized spacial score (nSPS) is 33.2. The van der Waals surface area contributed by atoms with Crippen LogP contribution < -0.4 is 4.90 Å². The highest BCUT2D eigenvalue weighted by molar-refractivity contribution is 6.31. The van der Waals surface area contributed by atoms with Crippen molar-refractivity contribution in [3.63, 3.8) is 0 Å². The predicted molar refractivity (Wildman–Crippen MR) is 85.4 cm³/mol. The van der Waals surface area contributed by atoms with Crippen LogP contribution in [-0.2, 0) is 9.59 Å². The number of benzene rings is 1. The minimum absolute atomic E-state index is 0.0899. The third-order valence-electron chi connectivity index (χ3n) is 5.92. The second kappa shape index (κ2) is 4.69. The molecule has 1 aromatic rings. The number of hydrogen-bond acceptors (Lipinski definition) is 2. The fourth-order valence-corrected chi connectivity index (χ4v) is 4.97. The number of rotatable bonds is 3. The highest BCUT2D eigenvalue weighted by Crippen LogP contribution is 2.72. The van der Waals surface area contributed by atoms with Crippen molar-refractivity contribution in [2.24, 2.45) is 29.1 Å². The zero-order chi connectivity index (χ0) is 15.5. The first-order chi connectivity index (χ1) is 10.6. The maximum Gasteiger partial charge on any atom is 0.237 e. The second-order valence-corrected chi connectivity index (χ2v) is 7.28. The molecule has 0 N–H and O–H groups in total. The quantitative estimate of drug-likeness (QED) is 0.630. The molecule has 1 aromatic carbocycles. The van der Waals surface area contributed by atoms with Crippen LogP contribution >= 0.6 is 11.6 Å². The van der Waals surface area contributed by atoms with Gasteiger partial charge in [0, 0.05) is 10.9 Å². The molecular formula is C18H18ClNO2. The predicted octanol–water partition coefficient (Wildman–Crippen LogP) is 3.68. The van der Waals surface area contributed by atoms with E-state index in [1.54, 1.807) is 24.3 Å². The van der Waals surface area contributed by atoms with Gasteiger partial charge in [0.05, 0.1) is 5.69 Å². The fourth-order valence-electron chi connectivity index (χ4n) is 4.79. The number of anilines is 1. The van der Waals surface area contributed by atoms with Crippen LogP contribution in [0.5, 0.6) is 0 Å². The number of carbonyl (C=O) groups is 2. The second-order valence-electron chi connectivity index (χ2n) is 6.85. The zero-order valence-corrected chi connectivity index (χ0v) is 13.2. The zero-order valence-electron chi connectivity index (χ0n) is 12.4. The van der Waals surface area contributed by atoms with Gasteiger partial charge < -0.3 is 0 Å². The fraction of sp³-hybridized carbons (Fsp3) is 0.444. The number of amides is 2. The van der Waals surface area contributed by atoms with E-state index in [2.05, 4.69) is 19.1 Å². The van der Waals surface area contributed by atoms with Gasteiger partial charge in [0.25, 0.3) is 0 Å². The molecule has 2 saturated carbocycles. The van der Waals surface area contributed by atoms with E-state index in [1.165, 1.54) is 17.7 Å². The summed E-state index contributed by atoms with van der Waals surface area (Å²) < 4.78 is 0. The maximum atomic E-state index is 13.0. The lowest BCUT2D eigenvalue weighted by Gasteiger charge is -2.27. The summed E-state index contributed by atoms with van der Waals surface area (Å²) in [5, 5.41) is 0.525. The average Bonchev–Trinajstić information content (AvgIpc) is 3.15. The summed E-state index contributed by atoms with van der Waals surface area (Å²) in [5.74, 6) is 0.905. The first-order valence-corrected chi connectivity index (χ1v) is 8.18. The van der Waals surface area contributed by atoms with Crippen molar-refractivity contribution in [1.29, 1.82) is 0 Å². The lowest BCUT2D eigenvalue weighted by atomic mass is 9.83. The van der Waals surface area contributed by atoms with Gasteiger partial charge in [0.1, 0.15) is 0 Å². The van der Waals surface area contributed by atoms with Gasteiger partial charge in [-0.25, -0.2) is 0 Å². The van der Waals surface area contributed by atoms with Gasteiger partial charge in [-0.15, -0.1) is 0 Å². The molecule has 22 heavy (non-hydrogen) atoms. The number of hydrogen-bond donors (Lipinski definition) is 0. The summed E-state index contributed by atoms with van der Waals surface area (Å²) in [5.41, 5.74) is 0.874. The molecule has 3 aliphatic carbocycles. The Kier molecular flexibility index (Phi) is 2.99. The number of imide groups is 1. The molecule has 3 aliphatic rings. The smallest absolute Gasteiger partial charge is 0.237 e. The van der Waals surface area contributed by atoms with Crippen LogP contribution in [0.15, 0.2) is 36.4 Å². The van der Waals surface area contributed by atoms with Crippen LogP contribution in [0.1, 0.15) is 19.8 Å². The molecule has 0 aromatic heterocycles. The van der Waals surface area contributed by atoms with E-state index < -0.39 is 0 Å². The molecule has 0 saturated heterocycles. The molecule has 4 rings (SSSR count). The third kappa shape index (κ3) is 1.75. The Balaban J connectivity index is 1.66. The molecular weight excluding hydrogens is 298 g/mol. The minimum Gasteiger partial charge on any atom is -0.278 e. The van der Waals surface area contributed by atoms with E-state index in [0.29, 0.717) is 40.3 Å². The highest BCUT2D eigenvalue weighted by Gasteiger charge is 2.67. The van der Waals surface area contributed by atoms with Gasteiger partial charge in [0.2, 0.25) is 12.3 Å². The maximum absolute atomic E-state index is 13.0. The third-order valence-corrected chi connectivity index (χ3v) is 6.15. The van der Waals surface area contributed by atoms with Crippen molar-refractivity contribution in [2.75, 3.05) is 4.90 Å². The summed E-state index contributed by atoms with van der Waals surface area (Å²) >= 11 is 5.99. The average molecular weight is 316 g/mol. The van der Waals surface area contributed by atoms with E-state index in [9.17, 15) is 9.59 Å². The van der Waals surface area contributed by atoms with Crippen molar-refractivity contribution >= 4 is 29.6 Å². The first kappa shape index (κ1) is 14.0. The van der Waals surface area contributed by atoms with Gasteiger partial charge in [-0.1, -0.05) is 36.7 Å². The molecule has 0 unspecified atom stereocenters. The lowest BCUT2D eigenvalue weighted by molar-refractivity contribution is -0.126. The van der Waals surface area contributed by atoms with Crippen LogP contribution in [0.3, 0.4) is 0 Å². The SMILES string of the molecule is C[C@H]1[C@@H](C(=O)N(C=O)c2cccc(Cl)c2)[C@@H]2C=C[C@@H]1C21CC1. The van der Waals surface area contributed by atoms with E-state index in [4.69, 9.17) is 11.6 Å². The van der Waals surface area contributed by atoms with Crippen molar-refractivity contribution < 1.29 is 9.59 Å². The largest absolute Gasteiger partial charge is 0.278 e. The van der Waals surface area contributed by atoms with Crippen LogP contribution in [0.2, 0.25) is 5.02 Å². The molecule has 114 valence electrons. The Morgan fingerprint density at radius 3 is 2.64 bits per heavy atom. The number of allylic oxidation sites excluding steroid dienone is 2. The molecule has 3 nitrogen and oxygen atoms in total. The van der Waals surface area contributed by atoms with Gasteiger partial charge in [0.15, 0.2) is 0 Å². The van der Waals surface area contributed by atoms with E-state index >= 15 is 0 Å².